The van der Waals surface area contributed by atoms with Gasteiger partial charge >= 0.3 is 12.2 Å². The lowest BCUT2D eigenvalue weighted by molar-refractivity contribution is -0.0897. The molecule has 0 saturated carbocycles. The highest BCUT2D eigenvalue weighted by molar-refractivity contribution is 6.08. The summed E-state index contributed by atoms with van der Waals surface area (Å²) in [7, 11) is 0. The van der Waals surface area contributed by atoms with Gasteiger partial charge in [0.2, 0.25) is 0 Å². The molecule has 2 heterocycles. The maximum absolute atomic E-state index is 12.7. The van der Waals surface area contributed by atoms with E-state index in [1.807, 2.05) is 27.7 Å². The fourth-order valence-electron chi connectivity index (χ4n) is 2.53. The van der Waals surface area contributed by atoms with Gasteiger partial charge in [-0.2, -0.15) is 4.90 Å². The van der Waals surface area contributed by atoms with Gasteiger partial charge in [-0.25, -0.2) is 14.6 Å². The molecule has 1 aromatic heterocycles. The standard InChI is InChI=1S/C22H34N2O6/c1-19(2,3)29-17(25)24(18(26)30-20(4,5)6)15-12-11-14(13-23-15)16-27-21(7,8)22(9,10)28-16/h11-13,16H,1-10H3. The van der Waals surface area contributed by atoms with E-state index in [1.54, 1.807) is 47.6 Å². The van der Waals surface area contributed by atoms with Crippen LogP contribution in [-0.4, -0.2) is 39.6 Å². The van der Waals surface area contributed by atoms with Crippen molar-refractivity contribution in [1.82, 2.24) is 4.98 Å². The van der Waals surface area contributed by atoms with Crippen LogP contribution in [0.3, 0.4) is 0 Å². The number of pyridine rings is 1. The highest BCUT2D eigenvalue weighted by Crippen LogP contribution is 2.44. The summed E-state index contributed by atoms with van der Waals surface area (Å²) in [6.07, 6.45) is -0.826. The second-order valence-electron chi connectivity index (χ2n) is 10.3. The van der Waals surface area contributed by atoms with Crippen LogP contribution in [0.1, 0.15) is 81.1 Å². The van der Waals surface area contributed by atoms with E-state index in [-0.39, 0.29) is 5.82 Å². The van der Waals surface area contributed by atoms with Gasteiger partial charge in [0.15, 0.2) is 6.29 Å². The van der Waals surface area contributed by atoms with Crippen molar-refractivity contribution in [2.45, 2.75) is 97.9 Å². The lowest BCUT2D eigenvalue weighted by atomic mass is 9.90. The average Bonchev–Trinajstić information content (AvgIpc) is 2.72. The maximum atomic E-state index is 12.7. The smallest absolute Gasteiger partial charge is 0.425 e. The number of aromatic nitrogens is 1. The van der Waals surface area contributed by atoms with Crippen LogP contribution in [0.5, 0.6) is 0 Å². The van der Waals surface area contributed by atoms with Gasteiger partial charge in [-0.3, -0.25) is 0 Å². The average molecular weight is 423 g/mol. The summed E-state index contributed by atoms with van der Waals surface area (Å²) in [5.74, 6) is 0.0822. The Balaban J connectivity index is 2.31. The van der Waals surface area contributed by atoms with Crippen LogP contribution in [0.2, 0.25) is 0 Å². The van der Waals surface area contributed by atoms with Crippen molar-refractivity contribution in [3.8, 4) is 0 Å². The van der Waals surface area contributed by atoms with E-state index >= 15 is 0 Å². The molecule has 168 valence electrons. The Bertz CT molecular complexity index is 743. The number of hydrogen-bond donors (Lipinski definition) is 0. The van der Waals surface area contributed by atoms with Crippen molar-refractivity contribution < 1.29 is 28.5 Å². The first-order valence-corrected chi connectivity index (χ1v) is 10.00. The predicted octanol–water partition coefficient (Wildman–Crippen LogP) is 5.36. The van der Waals surface area contributed by atoms with Crippen LogP contribution in [0.25, 0.3) is 0 Å². The van der Waals surface area contributed by atoms with Gasteiger partial charge in [0.1, 0.15) is 17.0 Å². The highest BCUT2D eigenvalue weighted by atomic mass is 16.7. The van der Waals surface area contributed by atoms with Crippen molar-refractivity contribution in [3.05, 3.63) is 23.9 Å². The van der Waals surface area contributed by atoms with Crippen molar-refractivity contribution in [2.75, 3.05) is 4.90 Å². The fraction of sp³-hybridized carbons (Fsp3) is 0.682. The van der Waals surface area contributed by atoms with E-state index in [2.05, 4.69) is 4.98 Å². The van der Waals surface area contributed by atoms with Gasteiger partial charge in [0.25, 0.3) is 0 Å². The number of imide groups is 1. The predicted molar refractivity (Wildman–Crippen MR) is 112 cm³/mol. The zero-order valence-electron chi connectivity index (χ0n) is 19.7. The van der Waals surface area contributed by atoms with Crippen LogP contribution < -0.4 is 4.90 Å². The summed E-state index contributed by atoms with van der Waals surface area (Å²) in [5, 5.41) is 0. The molecular weight excluding hydrogens is 388 g/mol. The second kappa shape index (κ2) is 7.81. The van der Waals surface area contributed by atoms with Gasteiger partial charge in [0, 0.05) is 11.8 Å². The number of ether oxygens (including phenoxy) is 4. The first kappa shape index (κ1) is 24.1. The molecule has 1 aromatic rings. The summed E-state index contributed by atoms with van der Waals surface area (Å²) < 4.78 is 22.8. The molecule has 0 atom stereocenters. The van der Waals surface area contributed by atoms with E-state index in [9.17, 15) is 9.59 Å². The highest BCUT2D eigenvalue weighted by Gasteiger charge is 2.49. The molecular formula is C22H34N2O6. The Labute approximate surface area is 178 Å². The molecule has 1 fully saturated rings. The third-order valence-electron chi connectivity index (χ3n) is 4.68. The van der Waals surface area contributed by atoms with Crippen molar-refractivity contribution >= 4 is 18.0 Å². The summed E-state index contributed by atoms with van der Waals surface area (Å²) in [6.45, 7) is 18.1. The third-order valence-corrected chi connectivity index (χ3v) is 4.68. The second-order valence-corrected chi connectivity index (χ2v) is 10.3. The van der Waals surface area contributed by atoms with Gasteiger partial charge in [-0.05, 0) is 81.4 Å². The number of nitrogens with zero attached hydrogens (tertiary/aromatic N) is 2. The largest absolute Gasteiger partial charge is 0.443 e. The lowest BCUT2D eigenvalue weighted by Gasteiger charge is -2.30. The van der Waals surface area contributed by atoms with E-state index in [1.165, 1.54) is 12.3 Å². The number of rotatable bonds is 2. The van der Waals surface area contributed by atoms with E-state index in [0.29, 0.717) is 5.56 Å². The molecule has 2 amide bonds. The number of amides is 2. The molecule has 2 rings (SSSR count). The number of carbonyl (C=O) groups excluding carboxylic acids is 2. The molecule has 0 radical (unpaired) electrons. The summed E-state index contributed by atoms with van der Waals surface area (Å²) >= 11 is 0. The monoisotopic (exact) mass is 422 g/mol. The van der Waals surface area contributed by atoms with Crippen LogP contribution in [0.15, 0.2) is 18.3 Å². The zero-order valence-corrected chi connectivity index (χ0v) is 19.7. The first-order valence-electron chi connectivity index (χ1n) is 10.00. The minimum Gasteiger partial charge on any atom is -0.443 e. The molecule has 0 bridgehead atoms. The molecule has 0 aliphatic carbocycles. The maximum Gasteiger partial charge on any atom is 0.425 e. The molecule has 0 N–H and O–H groups in total. The summed E-state index contributed by atoms with van der Waals surface area (Å²) in [6, 6.07) is 3.24. The molecule has 8 heteroatoms. The Morgan fingerprint density at radius 3 is 1.67 bits per heavy atom. The zero-order chi connectivity index (χ0) is 23.1. The molecule has 1 saturated heterocycles. The van der Waals surface area contributed by atoms with Crippen LogP contribution in [-0.2, 0) is 18.9 Å². The molecule has 8 nitrogen and oxygen atoms in total. The van der Waals surface area contributed by atoms with Crippen LogP contribution in [0.4, 0.5) is 15.4 Å². The van der Waals surface area contributed by atoms with E-state index in [4.69, 9.17) is 18.9 Å². The molecule has 30 heavy (non-hydrogen) atoms. The van der Waals surface area contributed by atoms with Crippen molar-refractivity contribution in [3.63, 3.8) is 0 Å². The molecule has 1 aliphatic rings. The van der Waals surface area contributed by atoms with Gasteiger partial charge in [-0.15, -0.1) is 0 Å². The number of anilines is 1. The van der Waals surface area contributed by atoms with E-state index in [0.717, 1.165) is 4.90 Å². The van der Waals surface area contributed by atoms with Crippen LogP contribution >= 0.6 is 0 Å². The third kappa shape index (κ3) is 5.70. The minimum atomic E-state index is -0.868. The topological polar surface area (TPSA) is 87.2 Å². The fourth-order valence-corrected chi connectivity index (χ4v) is 2.53. The van der Waals surface area contributed by atoms with Crippen molar-refractivity contribution in [1.29, 1.82) is 0 Å². The number of hydrogen-bond acceptors (Lipinski definition) is 7. The quantitative estimate of drug-likeness (QED) is 0.634. The molecule has 0 spiro atoms. The minimum absolute atomic E-state index is 0.0822. The SMILES string of the molecule is CC(C)(C)OC(=O)N(C(=O)OC(C)(C)C)c1ccc(C2OC(C)(C)C(C)(C)O2)cn1. The Morgan fingerprint density at radius 2 is 1.33 bits per heavy atom. The first-order chi connectivity index (χ1) is 13.4. The Morgan fingerprint density at radius 1 is 0.900 bits per heavy atom. The lowest BCUT2D eigenvalue weighted by Crippen LogP contribution is -2.44. The Kier molecular flexibility index (Phi) is 6.27. The van der Waals surface area contributed by atoms with Gasteiger partial charge < -0.3 is 18.9 Å². The van der Waals surface area contributed by atoms with Crippen LogP contribution in [0, 0.1) is 0 Å². The van der Waals surface area contributed by atoms with E-state index < -0.39 is 40.9 Å². The normalized spacial score (nSPS) is 18.7. The molecule has 0 aromatic carbocycles. The van der Waals surface area contributed by atoms with Crippen molar-refractivity contribution in [2.24, 2.45) is 0 Å². The molecule has 0 unspecified atom stereocenters. The number of carbonyl (C=O) groups is 2. The summed E-state index contributed by atoms with van der Waals surface area (Å²) in [5.41, 5.74) is -1.89. The molecule has 1 aliphatic heterocycles. The Hall–Kier alpha value is -2.19. The summed E-state index contributed by atoms with van der Waals surface area (Å²) in [4.78, 5) is 30.5. The van der Waals surface area contributed by atoms with Gasteiger partial charge in [0.05, 0.1) is 11.2 Å². The van der Waals surface area contributed by atoms with Gasteiger partial charge in [-0.1, -0.05) is 0 Å².